The number of aromatic nitrogens is 2. The molecule has 1 aromatic carbocycles. The number of aliphatic imine (C=N–C) groups is 1. The molecule has 0 fully saturated rings. The fraction of sp³-hybridized carbons (Fsp3) is 0.214. The molecule has 2 rings (SSSR count). The van der Waals surface area contributed by atoms with E-state index in [0.29, 0.717) is 17.6 Å². The lowest BCUT2D eigenvalue weighted by Gasteiger charge is -2.05. The second kappa shape index (κ2) is 6.34. The molecule has 0 spiro atoms. The molecule has 5 nitrogen and oxygen atoms in total. The molecular formula is C14H15ClN4O. The minimum absolute atomic E-state index is 0.203. The van der Waals surface area contributed by atoms with Gasteiger partial charge >= 0.3 is 6.01 Å². The first-order valence-corrected chi connectivity index (χ1v) is 6.59. The molecule has 0 saturated heterocycles. The third kappa shape index (κ3) is 3.93. The van der Waals surface area contributed by atoms with Gasteiger partial charge in [0.25, 0.3) is 0 Å². The summed E-state index contributed by atoms with van der Waals surface area (Å²) in [6, 6.07) is 9.36. The van der Waals surface area contributed by atoms with Gasteiger partial charge < -0.3 is 10.5 Å². The quantitative estimate of drug-likeness (QED) is 0.533. The topological polar surface area (TPSA) is 73.4 Å². The Morgan fingerprint density at radius 2 is 1.80 bits per heavy atom. The van der Waals surface area contributed by atoms with Crippen molar-refractivity contribution in [3.8, 4) is 11.8 Å². The van der Waals surface area contributed by atoms with Crippen LogP contribution in [0.3, 0.4) is 0 Å². The van der Waals surface area contributed by atoms with E-state index in [1.54, 1.807) is 24.3 Å². The lowest BCUT2D eigenvalue weighted by molar-refractivity contribution is 0.439. The van der Waals surface area contributed by atoms with E-state index in [1.165, 1.54) is 0 Å². The minimum atomic E-state index is 0.203. The highest BCUT2D eigenvalue weighted by molar-refractivity contribution is 6.28. The summed E-state index contributed by atoms with van der Waals surface area (Å²) in [4.78, 5) is 12.6. The fourth-order valence-electron chi connectivity index (χ4n) is 1.63. The molecule has 104 valence electrons. The molecule has 0 aliphatic carbocycles. The number of nitrogens with two attached hydrogens (primary N) is 1. The number of rotatable bonds is 4. The Morgan fingerprint density at radius 1 is 1.20 bits per heavy atom. The van der Waals surface area contributed by atoms with Crippen LogP contribution < -0.4 is 10.5 Å². The molecule has 0 aliphatic heterocycles. The molecule has 1 heterocycles. The third-order valence-corrected chi connectivity index (χ3v) is 2.69. The summed E-state index contributed by atoms with van der Waals surface area (Å²) in [5.41, 5.74) is 8.01. The van der Waals surface area contributed by atoms with Crippen molar-refractivity contribution < 1.29 is 4.74 Å². The number of hydrogen-bond donors (Lipinski definition) is 1. The van der Waals surface area contributed by atoms with Crippen LogP contribution in [0.5, 0.6) is 11.8 Å². The first kappa shape index (κ1) is 14.3. The third-order valence-electron chi connectivity index (χ3n) is 2.42. The van der Waals surface area contributed by atoms with Crippen molar-refractivity contribution in [1.29, 1.82) is 0 Å². The van der Waals surface area contributed by atoms with Crippen LogP contribution in [0.2, 0.25) is 0 Å². The van der Waals surface area contributed by atoms with Gasteiger partial charge in [-0.15, -0.1) is 11.6 Å². The smallest absolute Gasteiger partial charge is 0.322 e. The summed E-state index contributed by atoms with van der Waals surface area (Å²) in [6.45, 7) is 3.79. The normalized spacial score (nSPS) is 11.4. The zero-order valence-corrected chi connectivity index (χ0v) is 12.1. The van der Waals surface area contributed by atoms with Crippen LogP contribution in [0, 0.1) is 13.8 Å². The molecule has 2 aromatic rings. The highest BCUT2D eigenvalue weighted by atomic mass is 35.5. The van der Waals surface area contributed by atoms with E-state index in [1.807, 2.05) is 19.9 Å². The number of ether oxygens (including phenoxy) is 1. The van der Waals surface area contributed by atoms with Gasteiger partial charge in [0, 0.05) is 11.4 Å². The Morgan fingerprint density at radius 3 is 2.35 bits per heavy atom. The molecule has 0 saturated carbocycles. The predicted molar refractivity (Wildman–Crippen MR) is 80.0 cm³/mol. The monoisotopic (exact) mass is 290 g/mol. The highest BCUT2D eigenvalue weighted by Crippen LogP contribution is 2.22. The molecule has 0 unspecified atom stereocenters. The van der Waals surface area contributed by atoms with E-state index in [4.69, 9.17) is 22.1 Å². The van der Waals surface area contributed by atoms with Crippen LogP contribution in [0.15, 0.2) is 35.3 Å². The van der Waals surface area contributed by atoms with Crippen LogP contribution in [-0.2, 0) is 0 Å². The van der Waals surface area contributed by atoms with E-state index in [0.717, 1.165) is 17.1 Å². The second-order valence-corrected chi connectivity index (χ2v) is 4.53. The average Bonchev–Trinajstić information content (AvgIpc) is 2.39. The number of alkyl halides is 1. The summed E-state index contributed by atoms with van der Waals surface area (Å²) in [5.74, 6) is 1.21. The number of nitrogens with zero attached hydrogens (tertiary/aromatic N) is 3. The maximum atomic E-state index is 5.60. The molecule has 6 heteroatoms. The standard InChI is InChI=1S/C14H15ClN4O/c1-9-7-10(2)18-14(17-9)20-12-5-3-11(4-6-12)19-13(16)8-15/h3-7H,8H2,1-2H3,(H2,16,19). The van der Waals surface area contributed by atoms with Crippen LogP contribution in [0.25, 0.3) is 0 Å². The number of amidine groups is 1. The zero-order chi connectivity index (χ0) is 14.5. The zero-order valence-electron chi connectivity index (χ0n) is 11.3. The number of benzene rings is 1. The Balaban J connectivity index is 2.14. The van der Waals surface area contributed by atoms with Crippen molar-refractivity contribution in [3.05, 3.63) is 41.7 Å². The molecule has 0 aliphatic rings. The van der Waals surface area contributed by atoms with Gasteiger partial charge in [0.2, 0.25) is 0 Å². The van der Waals surface area contributed by atoms with Gasteiger partial charge in [-0.25, -0.2) is 15.0 Å². The molecule has 0 radical (unpaired) electrons. The van der Waals surface area contributed by atoms with E-state index < -0.39 is 0 Å². The largest absolute Gasteiger partial charge is 0.424 e. The SMILES string of the molecule is Cc1cc(C)nc(Oc2ccc(N=C(N)CCl)cc2)n1. The Kier molecular flexibility index (Phi) is 4.53. The van der Waals surface area contributed by atoms with Crippen LogP contribution in [0.1, 0.15) is 11.4 Å². The van der Waals surface area contributed by atoms with E-state index in [2.05, 4.69) is 15.0 Å². The second-order valence-electron chi connectivity index (χ2n) is 4.27. The molecule has 0 bridgehead atoms. The van der Waals surface area contributed by atoms with Gasteiger partial charge in [0.05, 0.1) is 11.6 Å². The van der Waals surface area contributed by atoms with E-state index >= 15 is 0 Å². The maximum absolute atomic E-state index is 5.60. The lowest BCUT2D eigenvalue weighted by atomic mass is 10.3. The first-order chi connectivity index (χ1) is 9.56. The summed E-state index contributed by atoms with van der Waals surface area (Å²) < 4.78 is 5.60. The fourth-order valence-corrected chi connectivity index (χ4v) is 1.69. The number of aryl methyl sites for hydroxylation is 2. The summed E-state index contributed by atoms with van der Waals surface area (Å²) in [6.07, 6.45) is 0. The van der Waals surface area contributed by atoms with Gasteiger partial charge in [-0.3, -0.25) is 0 Å². The Labute approximate surface area is 122 Å². The molecular weight excluding hydrogens is 276 g/mol. The van der Waals surface area contributed by atoms with Crippen molar-refractivity contribution in [2.45, 2.75) is 13.8 Å². The molecule has 2 N–H and O–H groups in total. The van der Waals surface area contributed by atoms with Gasteiger partial charge in [-0.1, -0.05) is 0 Å². The van der Waals surface area contributed by atoms with Crippen molar-refractivity contribution in [2.24, 2.45) is 10.7 Å². The van der Waals surface area contributed by atoms with Crippen molar-refractivity contribution in [1.82, 2.24) is 9.97 Å². The lowest BCUT2D eigenvalue weighted by Crippen LogP contribution is -2.12. The molecule has 20 heavy (non-hydrogen) atoms. The molecule has 0 atom stereocenters. The van der Waals surface area contributed by atoms with E-state index in [9.17, 15) is 0 Å². The minimum Gasteiger partial charge on any atom is -0.424 e. The van der Waals surface area contributed by atoms with Crippen LogP contribution >= 0.6 is 11.6 Å². The molecule has 0 amide bonds. The number of halogens is 1. The average molecular weight is 291 g/mol. The summed E-state index contributed by atoms with van der Waals surface area (Å²) in [5, 5.41) is 0. The molecule has 1 aromatic heterocycles. The van der Waals surface area contributed by atoms with E-state index in [-0.39, 0.29) is 5.88 Å². The van der Waals surface area contributed by atoms with Crippen LogP contribution in [-0.4, -0.2) is 21.7 Å². The van der Waals surface area contributed by atoms with Gasteiger partial charge in [0.15, 0.2) is 0 Å². The van der Waals surface area contributed by atoms with Gasteiger partial charge in [-0.05, 0) is 44.2 Å². The maximum Gasteiger partial charge on any atom is 0.322 e. The highest BCUT2D eigenvalue weighted by Gasteiger charge is 2.03. The van der Waals surface area contributed by atoms with Crippen molar-refractivity contribution in [2.75, 3.05) is 5.88 Å². The van der Waals surface area contributed by atoms with Crippen molar-refractivity contribution in [3.63, 3.8) is 0 Å². The summed E-state index contributed by atoms with van der Waals surface area (Å²) in [7, 11) is 0. The summed E-state index contributed by atoms with van der Waals surface area (Å²) >= 11 is 5.57. The van der Waals surface area contributed by atoms with Crippen molar-refractivity contribution >= 4 is 23.1 Å². The Bertz CT molecular complexity index is 605. The van der Waals surface area contributed by atoms with Gasteiger partial charge in [-0.2, -0.15) is 0 Å². The predicted octanol–water partition coefficient (Wildman–Crippen LogP) is 3.11. The van der Waals surface area contributed by atoms with Gasteiger partial charge in [0.1, 0.15) is 11.6 Å². The Hall–Kier alpha value is -2.14. The first-order valence-electron chi connectivity index (χ1n) is 6.06. The number of hydrogen-bond acceptors (Lipinski definition) is 4. The van der Waals surface area contributed by atoms with Crippen LogP contribution in [0.4, 0.5) is 5.69 Å².